The van der Waals surface area contributed by atoms with Crippen LogP contribution in [0.1, 0.15) is 15.9 Å². The Labute approximate surface area is 173 Å². The van der Waals surface area contributed by atoms with Crippen LogP contribution < -0.4 is 15.5 Å². The normalized spacial score (nSPS) is 13.8. The molecule has 1 aliphatic rings. The number of hydrogen-bond donors (Lipinski definition) is 2. The maximum absolute atomic E-state index is 12.5. The largest absolute Gasteiger partial charge is 0.359 e. The number of anilines is 2. The van der Waals surface area contributed by atoms with E-state index in [2.05, 4.69) is 15.7 Å². The first-order chi connectivity index (χ1) is 14.1. The molecule has 1 saturated heterocycles. The van der Waals surface area contributed by atoms with Crippen LogP contribution in [0, 0.1) is 0 Å². The zero-order valence-electron chi connectivity index (χ0n) is 15.6. The highest BCUT2D eigenvalue weighted by Crippen LogP contribution is 2.29. The number of carbonyl (C=O) groups is 2. The summed E-state index contributed by atoms with van der Waals surface area (Å²) >= 11 is 6.40. The van der Waals surface area contributed by atoms with E-state index in [-0.39, 0.29) is 18.4 Å². The summed E-state index contributed by atoms with van der Waals surface area (Å²) in [5.41, 5.74) is 3.00. The van der Waals surface area contributed by atoms with Crippen LogP contribution in [-0.4, -0.2) is 41.2 Å². The molecule has 0 saturated carbocycles. The van der Waals surface area contributed by atoms with Crippen molar-refractivity contribution in [2.45, 2.75) is 6.54 Å². The summed E-state index contributed by atoms with van der Waals surface area (Å²) in [5.74, 6) is -0.238. The summed E-state index contributed by atoms with van der Waals surface area (Å²) in [4.78, 5) is 26.1. The maximum atomic E-state index is 12.5. The molecule has 0 bridgehead atoms. The van der Waals surface area contributed by atoms with Gasteiger partial charge in [-0.25, -0.2) is 0 Å². The molecule has 0 unspecified atom stereocenters. The van der Waals surface area contributed by atoms with Gasteiger partial charge in [-0.05, 0) is 42.0 Å². The van der Waals surface area contributed by atoms with Crippen molar-refractivity contribution in [1.29, 1.82) is 0 Å². The van der Waals surface area contributed by atoms with E-state index in [1.165, 1.54) is 0 Å². The summed E-state index contributed by atoms with van der Waals surface area (Å²) in [6, 6.07) is 14.6. The molecule has 1 aliphatic heterocycles. The molecular weight excluding hydrogens is 390 g/mol. The Bertz CT molecular complexity index is 1020. The van der Waals surface area contributed by atoms with Crippen molar-refractivity contribution in [2.24, 2.45) is 0 Å². The van der Waals surface area contributed by atoms with Gasteiger partial charge in [-0.2, -0.15) is 5.10 Å². The van der Waals surface area contributed by atoms with Crippen LogP contribution in [0.15, 0.2) is 60.9 Å². The number of aromatic nitrogens is 2. The predicted molar refractivity (Wildman–Crippen MR) is 112 cm³/mol. The van der Waals surface area contributed by atoms with Gasteiger partial charge < -0.3 is 15.5 Å². The number of carbonyl (C=O) groups excluding carboxylic acids is 2. The standard InChI is InChI=1S/C21H20ClN5O2/c22-18-12-17(6-7-19(18)26-11-9-23-20(28)14-26)25-21(29)16-4-2-15(3-5-16)13-27-10-1-8-24-27/h1-8,10,12H,9,11,13-14H2,(H,23,28)(H,25,29). The Kier molecular flexibility index (Phi) is 5.48. The van der Waals surface area contributed by atoms with Gasteiger partial charge in [-0.15, -0.1) is 0 Å². The number of halogens is 1. The number of nitrogens with zero attached hydrogens (tertiary/aromatic N) is 3. The molecule has 148 valence electrons. The van der Waals surface area contributed by atoms with Gasteiger partial charge in [0.15, 0.2) is 0 Å². The summed E-state index contributed by atoms with van der Waals surface area (Å²) in [5, 5.41) is 10.3. The topological polar surface area (TPSA) is 79.3 Å². The summed E-state index contributed by atoms with van der Waals surface area (Å²) in [6.07, 6.45) is 3.63. The molecule has 0 spiro atoms. The van der Waals surface area contributed by atoms with Crippen LogP contribution in [0.25, 0.3) is 0 Å². The van der Waals surface area contributed by atoms with Gasteiger partial charge in [0.05, 0.1) is 23.8 Å². The van der Waals surface area contributed by atoms with E-state index in [1.54, 1.807) is 30.5 Å². The van der Waals surface area contributed by atoms with Gasteiger partial charge in [-0.3, -0.25) is 14.3 Å². The lowest BCUT2D eigenvalue weighted by atomic mass is 10.1. The smallest absolute Gasteiger partial charge is 0.255 e. The lowest BCUT2D eigenvalue weighted by molar-refractivity contribution is -0.120. The minimum absolute atomic E-state index is 0.0271. The van der Waals surface area contributed by atoms with Crippen LogP contribution in [0.5, 0.6) is 0 Å². The third kappa shape index (κ3) is 4.57. The Hall–Kier alpha value is -3.32. The monoisotopic (exact) mass is 409 g/mol. The second-order valence-corrected chi connectivity index (χ2v) is 7.20. The molecule has 3 aromatic rings. The average molecular weight is 410 g/mol. The molecule has 29 heavy (non-hydrogen) atoms. The number of nitrogens with one attached hydrogen (secondary N) is 2. The highest BCUT2D eigenvalue weighted by molar-refractivity contribution is 6.33. The molecule has 8 heteroatoms. The third-order valence-corrected chi connectivity index (χ3v) is 5.01. The summed E-state index contributed by atoms with van der Waals surface area (Å²) in [7, 11) is 0. The lowest BCUT2D eigenvalue weighted by Gasteiger charge is -2.29. The van der Waals surface area contributed by atoms with Crippen molar-refractivity contribution < 1.29 is 9.59 Å². The molecule has 1 aromatic heterocycles. The fraction of sp³-hybridized carbons (Fsp3) is 0.190. The quantitative estimate of drug-likeness (QED) is 0.679. The minimum atomic E-state index is -0.211. The van der Waals surface area contributed by atoms with E-state index in [9.17, 15) is 9.59 Å². The molecular formula is C21H20ClN5O2. The predicted octanol–water partition coefficient (Wildman–Crippen LogP) is 2.77. The van der Waals surface area contributed by atoms with Crippen LogP contribution in [0.4, 0.5) is 11.4 Å². The van der Waals surface area contributed by atoms with Crippen LogP contribution >= 0.6 is 11.6 Å². The minimum Gasteiger partial charge on any atom is -0.359 e. The molecule has 7 nitrogen and oxygen atoms in total. The molecule has 2 heterocycles. The first-order valence-electron chi connectivity index (χ1n) is 9.27. The van der Waals surface area contributed by atoms with Crippen LogP contribution in [0.3, 0.4) is 0 Å². The summed E-state index contributed by atoms with van der Waals surface area (Å²) in [6.45, 7) is 2.21. The average Bonchev–Trinajstić information content (AvgIpc) is 3.21. The lowest BCUT2D eigenvalue weighted by Crippen LogP contribution is -2.47. The second-order valence-electron chi connectivity index (χ2n) is 6.79. The van der Waals surface area contributed by atoms with E-state index < -0.39 is 0 Å². The van der Waals surface area contributed by atoms with Gasteiger partial charge in [-0.1, -0.05) is 23.7 Å². The third-order valence-electron chi connectivity index (χ3n) is 4.70. The Balaban J connectivity index is 1.41. The van der Waals surface area contributed by atoms with Gasteiger partial charge in [0.1, 0.15) is 0 Å². The molecule has 0 radical (unpaired) electrons. The zero-order chi connectivity index (χ0) is 20.2. The van der Waals surface area contributed by atoms with Crippen molar-refractivity contribution in [3.05, 3.63) is 77.1 Å². The van der Waals surface area contributed by atoms with E-state index in [0.29, 0.717) is 35.9 Å². The van der Waals surface area contributed by atoms with Crippen molar-refractivity contribution in [1.82, 2.24) is 15.1 Å². The van der Waals surface area contributed by atoms with Crippen molar-refractivity contribution in [2.75, 3.05) is 29.9 Å². The number of amides is 2. The summed E-state index contributed by atoms with van der Waals surface area (Å²) < 4.78 is 1.82. The zero-order valence-corrected chi connectivity index (χ0v) is 16.4. The molecule has 4 rings (SSSR count). The van der Waals surface area contributed by atoms with E-state index in [4.69, 9.17) is 11.6 Å². The van der Waals surface area contributed by atoms with Crippen molar-refractivity contribution >= 4 is 34.8 Å². The maximum Gasteiger partial charge on any atom is 0.255 e. The van der Waals surface area contributed by atoms with E-state index >= 15 is 0 Å². The fourth-order valence-corrected chi connectivity index (χ4v) is 3.53. The molecule has 2 N–H and O–H groups in total. The SMILES string of the molecule is O=C1CN(c2ccc(NC(=O)c3ccc(Cn4cccn4)cc3)cc2Cl)CCN1. The first-order valence-corrected chi connectivity index (χ1v) is 9.65. The molecule has 0 atom stereocenters. The van der Waals surface area contributed by atoms with Crippen LogP contribution in [-0.2, 0) is 11.3 Å². The number of hydrogen-bond acceptors (Lipinski definition) is 4. The number of benzene rings is 2. The highest BCUT2D eigenvalue weighted by Gasteiger charge is 2.19. The molecule has 2 aromatic carbocycles. The van der Waals surface area contributed by atoms with Gasteiger partial charge in [0.25, 0.3) is 5.91 Å². The first kappa shape index (κ1) is 19.0. The highest BCUT2D eigenvalue weighted by atomic mass is 35.5. The van der Waals surface area contributed by atoms with Gasteiger partial charge in [0, 0.05) is 36.7 Å². The molecule has 0 aliphatic carbocycles. The molecule has 1 fully saturated rings. The Morgan fingerprint density at radius 3 is 2.72 bits per heavy atom. The second kappa shape index (κ2) is 8.36. The van der Waals surface area contributed by atoms with E-state index in [0.717, 1.165) is 11.3 Å². The number of piperazine rings is 1. The molecule has 2 amide bonds. The Morgan fingerprint density at radius 1 is 1.21 bits per heavy atom. The Morgan fingerprint density at radius 2 is 2.03 bits per heavy atom. The fourth-order valence-electron chi connectivity index (χ4n) is 3.23. The van der Waals surface area contributed by atoms with E-state index in [1.807, 2.05) is 40.0 Å². The van der Waals surface area contributed by atoms with Crippen LogP contribution in [0.2, 0.25) is 5.02 Å². The van der Waals surface area contributed by atoms with Crippen molar-refractivity contribution in [3.63, 3.8) is 0 Å². The van der Waals surface area contributed by atoms with Crippen molar-refractivity contribution in [3.8, 4) is 0 Å². The van der Waals surface area contributed by atoms with Gasteiger partial charge in [0.2, 0.25) is 5.91 Å². The number of rotatable bonds is 5. The van der Waals surface area contributed by atoms with Gasteiger partial charge >= 0.3 is 0 Å².